The van der Waals surface area contributed by atoms with Gasteiger partial charge in [0.2, 0.25) is 5.91 Å². The molecule has 0 aromatic carbocycles. The molecule has 0 aromatic heterocycles. The highest BCUT2D eigenvalue weighted by molar-refractivity contribution is 7.99. The molecule has 0 aliphatic rings. The second-order valence-corrected chi connectivity index (χ2v) is 4.09. The summed E-state index contributed by atoms with van der Waals surface area (Å²) in [7, 11) is 0. The quantitative estimate of drug-likeness (QED) is 0.450. The van der Waals surface area contributed by atoms with Crippen molar-refractivity contribution in [2.24, 2.45) is 0 Å². The number of hydrogen-bond donors (Lipinski definition) is 2. The van der Waals surface area contributed by atoms with Crippen molar-refractivity contribution in [3.63, 3.8) is 0 Å². The van der Waals surface area contributed by atoms with Crippen molar-refractivity contribution in [3.8, 4) is 0 Å². The van der Waals surface area contributed by atoms with Gasteiger partial charge in [-0.15, -0.1) is 6.58 Å². The molecule has 0 heterocycles. The van der Waals surface area contributed by atoms with Gasteiger partial charge in [-0.05, 0) is 18.6 Å². The van der Waals surface area contributed by atoms with Gasteiger partial charge in [-0.2, -0.15) is 11.8 Å². The van der Waals surface area contributed by atoms with E-state index in [4.69, 9.17) is 5.11 Å². The minimum Gasteiger partial charge on any atom is -0.396 e. The first-order valence-corrected chi connectivity index (χ1v) is 6.03. The lowest BCUT2D eigenvalue weighted by atomic mass is 10.3. The molecule has 14 heavy (non-hydrogen) atoms. The van der Waals surface area contributed by atoms with Gasteiger partial charge in [0, 0.05) is 25.3 Å². The molecule has 0 atom stereocenters. The van der Waals surface area contributed by atoms with Crippen LogP contribution in [0.15, 0.2) is 12.7 Å². The number of amides is 1. The normalized spacial score (nSPS) is 9.79. The van der Waals surface area contributed by atoms with E-state index in [2.05, 4.69) is 11.9 Å². The van der Waals surface area contributed by atoms with Gasteiger partial charge in [0.25, 0.3) is 0 Å². The summed E-state index contributed by atoms with van der Waals surface area (Å²) < 4.78 is 0. The fourth-order valence-corrected chi connectivity index (χ4v) is 1.64. The van der Waals surface area contributed by atoms with Crippen LogP contribution in [0.2, 0.25) is 0 Å². The van der Waals surface area contributed by atoms with Crippen LogP contribution in [0.1, 0.15) is 19.3 Å². The fraction of sp³-hybridized carbons (Fsp3) is 0.700. The Kier molecular flexibility index (Phi) is 10.2. The average Bonchev–Trinajstić information content (AvgIpc) is 2.20. The molecule has 0 saturated carbocycles. The van der Waals surface area contributed by atoms with Crippen molar-refractivity contribution in [2.45, 2.75) is 19.3 Å². The molecule has 4 heteroatoms. The number of nitrogens with one attached hydrogen (secondary N) is 1. The van der Waals surface area contributed by atoms with Gasteiger partial charge >= 0.3 is 0 Å². The number of carbonyl (C=O) groups is 1. The summed E-state index contributed by atoms with van der Waals surface area (Å²) in [5.74, 6) is 1.96. The topological polar surface area (TPSA) is 49.3 Å². The highest BCUT2D eigenvalue weighted by Crippen LogP contribution is 2.00. The minimum absolute atomic E-state index is 0.0904. The molecular formula is C10H19NO2S. The highest BCUT2D eigenvalue weighted by Gasteiger charge is 1.97. The van der Waals surface area contributed by atoms with Crippen molar-refractivity contribution in [1.82, 2.24) is 5.32 Å². The lowest BCUT2D eigenvalue weighted by Crippen LogP contribution is -2.25. The molecule has 0 spiro atoms. The summed E-state index contributed by atoms with van der Waals surface area (Å²) in [6.07, 6.45) is 3.85. The predicted octanol–water partition coefficient (Wildman–Crippen LogP) is 1.18. The summed E-state index contributed by atoms with van der Waals surface area (Å²) in [5.41, 5.74) is 0. The van der Waals surface area contributed by atoms with Gasteiger partial charge in [0.1, 0.15) is 0 Å². The molecule has 0 saturated heterocycles. The fourth-order valence-electron chi connectivity index (χ4n) is 0.853. The van der Waals surface area contributed by atoms with Gasteiger partial charge in [0.15, 0.2) is 0 Å². The molecule has 82 valence electrons. The molecule has 0 rings (SSSR count). The second kappa shape index (κ2) is 10.6. The van der Waals surface area contributed by atoms with Crippen LogP contribution in [0, 0.1) is 0 Å². The zero-order valence-corrected chi connectivity index (χ0v) is 9.31. The Labute approximate surface area is 90.0 Å². The monoisotopic (exact) mass is 217 g/mol. The van der Waals surface area contributed by atoms with E-state index in [1.165, 1.54) is 0 Å². The van der Waals surface area contributed by atoms with Crippen LogP contribution in [0.3, 0.4) is 0 Å². The Bertz CT molecular complexity index is 162. The number of allylic oxidation sites excluding steroid dienone is 1. The SMILES string of the molecule is C=CCCC(=O)NCCSCCCO. The zero-order chi connectivity index (χ0) is 10.6. The molecule has 0 aliphatic heterocycles. The number of thioether (sulfide) groups is 1. The molecule has 2 N–H and O–H groups in total. The number of carbonyl (C=O) groups excluding carboxylic acids is 1. The lowest BCUT2D eigenvalue weighted by molar-refractivity contribution is -0.120. The third-order valence-electron chi connectivity index (χ3n) is 1.59. The molecule has 0 unspecified atom stereocenters. The third kappa shape index (κ3) is 9.61. The zero-order valence-electron chi connectivity index (χ0n) is 8.50. The van der Waals surface area contributed by atoms with E-state index in [9.17, 15) is 4.79 Å². The number of hydrogen-bond acceptors (Lipinski definition) is 3. The molecule has 0 aromatic rings. The van der Waals surface area contributed by atoms with Crippen molar-refractivity contribution in [3.05, 3.63) is 12.7 Å². The second-order valence-electron chi connectivity index (χ2n) is 2.87. The molecule has 0 bridgehead atoms. The van der Waals surface area contributed by atoms with Crippen LogP contribution in [-0.4, -0.2) is 35.7 Å². The predicted molar refractivity (Wildman–Crippen MR) is 61.5 cm³/mol. The number of aliphatic hydroxyl groups excluding tert-OH is 1. The molecule has 0 fully saturated rings. The summed E-state index contributed by atoms with van der Waals surface area (Å²) in [5, 5.41) is 11.3. The Morgan fingerprint density at radius 3 is 2.93 bits per heavy atom. The summed E-state index contributed by atoms with van der Waals surface area (Å²) >= 11 is 1.75. The first kappa shape index (κ1) is 13.5. The highest BCUT2D eigenvalue weighted by atomic mass is 32.2. The largest absolute Gasteiger partial charge is 0.396 e. The molecule has 0 aliphatic carbocycles. The maximum Gasteiger partial charge on any atom is 0.220 e. The standard InChI is InChI=1S/C10H19NO2S/c1-2-3-5-10(13)11-6-9-14-8-4-7-12/h2,12H,1,3-9H2,(H,11,13). The summed E-state index contributed by atoms with van der Waals surface area (Å²) in [4.78, 5) is 11.1. The first-order chi connectivity index (χ1) is 6.81. The van der Waals surface area contributed by atoms with Gasteiger partial charge in [-0.25, -0.2) is 0 Å². The van der Waals surface area contributed by atoms with Crippen molar-refractivity contribution >= 4 is 17.7 Å². The first-order valence-electron chi connectivity index (χ1n) is 4.87. The molecular weight excluding hydrogens is 198 g/mol. The number of rotatable bonds is 9. The average molecular weight is 217 g/mol. The van der Waals surface area contributed by atoms with Gasteiger partial charge in [-0.3, -0.25) is 4.79 Å². The van der Waals surface area contributed by atoms with Crippen LogP contribution in [0.5, 0.6) is 0 Å². The van der Waals surface area contributed by atoms with E-state index in [-0.39, 0.29) is 12.5 Å². The van der Waals surface area contributed by atoms with Crippen molar-refractivity contribution < 1.29 is 9.90 Å². The Balaban J connectivity index is 3.10. The van der Waals surface area contributed by atoms with Gasteiger partial charge in [0.05, 0.1) is 0 Å². The van der Waals surface area contributed by atoms with E-state index in [0.29, 0.717) is 13.0 Å². The van der Waals surface area contributed by atoms with E-state index in [1.54, 1.807) is 17.8 Å². The van der Waals surface area contributed by atoms with Crippen LogP contribution in [0.25, 0.3) is 0 Å². The smallest absolute Gasteiger partial charge is 0.220 e. The van der Waals surface area contributed by atoms with Crippen LogP contribution >= 0.6 is 11.8 Å². The van der Waals surface area contributed by atoms with E-state index in [0.717, 1.165) is 24.3 Å². The van der Waals surface area contributed by atoms with E-state index < -0.39 is 0 Å². The minimum atomic E-state index is 0.0904. The maximum absolute atomic E-state index is 11.1. The molecule has 0 radical (unpaired) electrons. The Morgan fingerprint density at radius 1 is 1.50 bits per heavy atom. The van der Waals surface area contributed by atoms with Crippen LogP contribution < -0.4 is 5.32 Å². The summed E-state index contributed by atoms with van der Waals surface area (Å²) in [6.45, 7) is 4.52. The Morgan fingerprint density at radius 2 is 2.29 bits per heavy atom. The van der Waals surface area contributed by atoms with Crippen molar-refractivity contribution in [2.75, 3.05) is 24.7 Å². The molecule has 3 nitrogen and oxygen atoms in total. The van der Waals surface area contributed by atoms with E-state index >= 15 is 0 Å². The lowest BCUT2D eigenvalue weighted by Gasteiger charge is -2.03. The van der Waals surface area contributed by atoms with Crippen LogP contribution in [-0.2, 0) is 4.79 Å². The van der Waals surface area contributed by atoms with Crippen molar-refractivity contribution in [1.29, 1.82) is 0 Å². The van der Waals surface area contributed by atoms with Crippen LogP contribution in [0.4, 0.5) is 0 Å². The van der Waals surface area contributed by atoms with Gasteiger partial charge < -0.3 is 10.4 Å². The van der Waals surface area contributed by atoms with E-state index in [1.807, 2.05) is 0 Å². The van der Waals surface area contributed by atoms with Gasteiger partial charge in [-0.1, -0.05) is 6.08 Å². The molecule has 1 amide bonds. The Hall–Kier alpha value is -0.480. The third-order valence-corrected chi connectivity index (χ3v) is 2.66. The number of aliphatic hydroxyl groups is 1. The summed E-state index contributed by atoms with van der Waals surface area (Å²) in [6, 6.07) is 0. The maximum atomic E-state index is 11.1.